The minimum absolute atomic E-state index is 0.0776. The number of anilines is 1. The fourth-order valence-electron chi connectivity index (χ4n) is 9.59. The van der Waals surface area contributed by atoms with Crippen LogP contribution in [0.15, 0.2) is 224 Å². The standard InChI is InChI=1S/C60H59N.C3H4/c1-6-20-44(4)57(8-3)58-43-55(34-36-60(58,5)35-7-2)53-30-18-28-51(41-53)49-26-16-24-47(39-49)46-23-15-25-48(38-46)50-27-17-29-52(40-50)54-31-19-32-56(42-54)61-37-14-10-9-11-21-45-22-12-13-33-59(45)61;1-3-2/h6,8-20,22-34,38-43,45,59H,3,7,21,35-37H2,1-2,4-5H3;1H,2H3/b11-9-,14-10-,20-6-,57-44+;. The lowest BCUT2D eigenvalue weighted by Gasteiger charge is -2.36. The number of nitrogens with zero attached hydrogens (tertiary/aromatic N) is 1. The van der Waals surface area contributed by atoms with Gasteiger partial charge in [0.15, 0.2) is 0 Å². The fourth-order valence-corrected chi connectivity index (χ4v) is 9.59. The molecule has 1 aliphatic heterocycles. The van der Waals surface area contributed by atoms with Gasteiger partial charge in [-0.2, -0.15) is 0 Å². The minimum Gasteiger partial charge on any atom is -0.361 e. The third-order valence-electron chi connectivity index (χ3n) is 12.8. The highest BCUT2D eigenvalue weighted by molar-refractivity contribution is 5.83. The van der Waals surface area contributed by atoms with Gasteiger partial charge >= 0.3 is 0 Å². The Morgan fingerprint density at radius 1 is 0.734 bits per heavy atom. The van der Waals surface area contributed by atoms with Crippen molar-refractivity contribution in [3.63, 3.8) is 0 Å². The second kappa shape index (κ2) is 21.5. The maximum absolute atomic E-state index is 4.60. The lowest BCUT2D eigenvalue weighted by molar-refractivity contribution is 0.368. The fraction of sp³-hybridized carbons (Fsp3) is 0.206. The summed E-state index contributed by atoms with van der Waals surface area (Å²) in [6.45, 7) is 15.8. The number of rotatable bonds is 11. The van der Waals surface area contributed by atoms with E-state index in [0.29, 0.717) is 12.0 Å². The Morgan fingerprint density at radius 3 is 1.78 bits per heavy atom. The molecular formula is C63H63N. The summed E-state index contributed by atoms with van der Waals surface area (Å²) in [6, 6.07) is 45.5. The number of hydrogen-bond donors (Lipinski definition) is 0. The largest absolute Gasteiger partial charge is 0.361 e. The summed E-state index contributed by atoms with van der Waals surface area (Å²) >= 11 is 0. The Labute approximate surface area is 384 Å². The Kier molecular flexibility index (Phi) is 15.1. The monoisotopic (exact) mass is 833 g/mol. The molecule has 3 aliphatic rings. The molecule has 0 N–H and O–H groups in total. The van der Waals surface area contributed by atoms with Crippen molar-refractivity contribution < 1.29 is 0 Å². The van der Waals surface area contributed by atoms with E-state index in [2.05, 4.69) is 252 Å². The molecule has 0 bridgehead atoms. The lowest BCUT2D eigenvalue weighted by atomic mass is 9.68. The van der Waals surface area contributed by atoms with Crippen molar-refractivity contribution in [2.75, 3.05) is 11.4 Å². The predicted molar refractivity (Wildman–Crippen MR) is 280 cm³/mol. The highest BCUT2D eigenvalue weighted by atomic mass is 15.2. The average molecular weight is 834 g/mol. The van der Waals surface area contributed by atoms with E-state index in [1.54, 1.807) is 6.92 Å². The summed E-state index contributed by atoms with van der Waals surface area (Å²) in [5, 5.41) is 0. The zero-order valence-electron chi connectivity index (χ0n) is 38.5. The SMILES string of the molecule is C#CC.C=C/C(C1=CC(c2cccc(-c3cccc(-c4cccc(-c5cccc(-c6cccc(N7C/C=C\C=C/CC8C=CC=CC87)c6)c5)c4)c3)c2)=CCC1(C)CCC)=C(C)\C=C/C. The van der Waals surface area contributed by atoms with Crippen molar-refractivity contribution in [1.29, 1.82) is 0 Å². The van der Waals surface area contributed by atoms with Crippen LogP contribution in [0, 0.1) is 23.7 Å². The van der Waals surface area contributed by atoms with Crippen molar-refractivity contribution in [2.24, 2.45) is 11.3 Å². The van der Waals surface area contributed by atoms with E-state index in [1.165, 1.54) is 78.1 Å². The van der Waals surface area contributed by atoms with Gasteiger partial charge in [-0.1, -0.05) is 191 Å². The van der Waals surface area contributed by atoms with Crippen molar-refractivity contribution >= 4 is 11.3 Å². The maximum Gasteiger partial charge on any atom is 0.0545 e. The van der Waals surface area contributed by atoms with E-state index in [-0.39, 0.29) is 5.41 Å². The van der Waals surface area contributed by atoms with Crippen LogP contribution in [0.3, 0.4) is 0 Å². The van der Waals surface area contributed by atoms with Crippen LogP contribution in [0.1, 0.15) is 65.9 Å². The molecule has 0 spiro atoms. The molecule has 3 unspecified atom stereocenters. The van der Waals surface area contributed by atoms with E-state index in [1.807, 2.05) is 0 Å². The van der Waals surface area contributed by atoms with Gasteiger partial charge < -0.3 is 4.90 Å². The van der Waals surface area contributed by atoms with Gasteiger partial charge in [0.2, 0.25) is 0 Å². The molecule has 5 aromatic rings. The van der Waals surface area contributed by atoms with Crippen LogP contribution in [0.25, 0.3) is 50.1 Å². The van der Waals surface area contributed by atoms with Crippen LogP contribution < -0.4 is 4.90 Å². The van der Waals surface area contributed by atoms with Gasteiger partial charge in [0.05, 0.1) is 6.04 Å². The molecule has 0 fully saturated rings. The zero-order chi connectivity index (χ0) is 44.9. The second-order valence-electron chi connectivity index (χ2n) is 17.4. The van der Waals surface area contributed by atoms with E-state index in [9.17, 15) is 0 Å². The second-order valence-corrected chi connectivity index (χ2v) is 17.4. The van der Waals surface area contributed by atoms with Gasteiger partial charge in [-0.15, -0.1) is 12.3 Å². The molecule has 0 aromatic heterocycles. The first-order valence-electron chi connectivity index (χ1n) is 23.0. The van der Waals surface area contributed by atoms with E-state index in [0.717, 1.165) is 32.2 Å². The third-order valence-corrected chi connectivity index (χ3v) is 12.8. The van der Waals surface area contributed by atoms with Gasteiger partial charge in [-0.05, 0) is 154 Å². The van der Waals surface area contributed by atoms with Crippen LogP contribution in [-0.4, -0.2) is 12.6 Å². The van der Waals surface area contributed by atoms with Gasteiger partial charge in [0.25, 0.3) is 0 Å². The molecule has 64 heavy (non-hydrogen) atoms. The molecule has 320 valence electrons. The Balaban J connectivity index is 0.00000199. The molecular weight excluding hydrogens is 771 g/mol. The zero-order valence-corrected chi connectivity index (χ0v) is 38.5. The third kappa shape index (κ3) is 10.5. The first-order valence-corrected chi connectivity index (χ1v) is 23.0. The summed E-state index contributed by atoms with van der Waals surface area (Å²) in [4.78, 5) is 2.54. The summed E-state index contributed by atoms with van der Waals surface area (Å²) in [7, 11) is 0. The van der Waals surface area contributed by atoms with Gasteiger partial charge in [-0.3, -0.25) is 0 Å². The summed E-state index contributed by atoms with van der Waals surface area (Å²) in [5.41, 5.74) is 17.5. The molecule has 0 saturated carbocycles. The Hall–Kier alpha value is -6.88. The smallest absolute Gasteiger partial charge is 0.0545 e. The molecule has 1 nitrogen and oxygen atoms in total. The number of hydrogen-bond acceptors (Lipinski definition) is 1. The first kappa shape index (κ1) is 45.2. The maximum atomic E-state index is 4.60. The van der Waals surface area contributed by atoms with Crippen LogP contribution in [-0.2, 0) is 0 Å². The Bertz CT molecular complexity index is 2750. The van der Waals surface area contributed by atoms with Crippen molar-refractivity contribution in [3.05, 3.63) is 229 Å². The number of terminal acetylenes is 1. The molecule has 0 saturated heterocycles. The lowest BCUT2D eigenvalue weighted by Crippen LogP contribution is -2.39. The molecule has 0 radical (unpaired) electrons. The predicted octanol–water partition coefficient (Wildman–Crippen LogP) is 17.0. The van der Waals surface area contributed by atoms with E-state index in [4.69, 9.17) is 0 Å². The summed E-state index contributed by atoms with van der Waals surface area (Å²) in [6.07, 6.45) is 38.3. The minimum atomic E-state index is 0.0776. The molecule has 1 heterocycles. The molecule has 8 rings (SSSR count). The van der Waals surface area contributed by atoms with E-state index >= 15 is 0 Å². The Morgan fingerprint density at radius 2 is 1.23 bits per heavy atom. The molecule has 2 aliphatic carbocycles. The molecule has 0 amide bonds. The highest BCUT2D eigenvalue weighted by Gasteiger charge is 2.32. The first-order chi connectivity index (χ1) is 31.3. The molecule has 1 heteroatoms. The molecule has 5 aromatic carbocycles. The van der Waals surface area contributed by atoms with E-state index < -0.39 is 0 Å². The topological polar surface area (TPSA) is 3.24 Å². The number of allylic oxidation sites excluding steroid dienone is 14. The quantitative estimate of drug-likeness (QED) is 0.0946. The van der Waals surface area contributed by atoms with Gasteiger partial charge in [-0.25, -0.2) is 0 Å². The van der Waals surface area contributed by atoms with Gasteiger partial charge in [0, 0.05) is 18.2 Å². The van der Waals surface area contributed by atoms with Crippen molar-refractivity contribution in [3.8, 4) is 56.9 Å². The number of benzene rings is 5. The van der Waals surface area contributed by atoms with Crippen LogP contribution in [0.2, 0.25) is 0 Å². The average Bonchev–Trinajstić information content (AvgIpc) is 3.44. The van der Waals surface area contributed by atoms with Gasteiger partial charge in [0.1, 0.15) is 0 Å². The van der Waals surface area contributed by atoms with Crippen molar-refractivity contribution in [2.45, 2.75) is 66.3 Å². The molecule has 3 atom stereocenters. The number of fused-ring (bicyclic) bond motifs is 1. The normalized spacial score (nSPS) is 20.5. The summed E-state index contributed by atoms with van der Waals surface area (Å²) in [5.74, 6) is 2.70. The highest BCUT2D eigenvalue weighted by Crippen LogP contribution is 2.47. The van der Waals surface area contributed by atoms with Crippen molar-refractivity contribution in [1.82, 2.24) is 0 Å². The van der Waals surface area contributed by atoms with Crippen LogP contribution >= 0.6 is 0 Å². The van der Waals surface area contributed by atoms with Crippen LogP contribution in [0.5, 0.6) is 0 Å². The summed E-state index contributed by atoms with van der Waals surface area (Å²) < 4.78 is 0. The van der Waals surface area contributed by atoms with Crippen LogP contribution in [0.4, 0.5) is 5.69 Å².